The average molecular weight is 344 g/mol. The molecule has 0 saturated carbocycles. The van der Waals surface area contributed by atoms with E-state index in [1.54, 1.807) is 6.92 Å². The Bertz CT molecular complexity index is 320. The smallest absolute Gasteiger partial charge is 0.748 e. The van der Waals surface area contributed by atoms with Crippen molar-refractivity contribution in [3.05, 3.63) is 0 Å². The Kier molecular flexibility index (Phi) is 19.1. The van der Waals surface area contributed by atoms with Gasteiger partial charge in [0.2, 0.25) is 0 Å². The molecule has 22 heavy (non-hydrogen) atoms. The van der Waals surface area contributed by atoms with E-state index in [0.717, 1.165) is 32.1 Å². The van der Waals surface area contributed by atoms with Gasteiger partial charge in [0.25, 0.3) is 0 Å². The second-order valence-corrected chi connectivity index (χ2v) is 7.58. The second-order valence-electron chi connectivity index (χ2n) is 5.92. The molecule has 0 aromatic heterocycles. The molecular weight excluding hydrogens is 311 g/mol. The number of rotatable bonds is 15. The Balaban J connectivity index is 0. The van der Waals surface area contributed by atoms with E-state index in [1.807, 2.05) is 0 Å². The maximum Gasteiger partial charge on any atom is 1.00 e. The van der Waals surface area contributed by atoms with Crippen molar-refractivity contribution in [2.24, 2.45) is 0 Å². The van der Waals surface area contributed by atoms with Crippen LogP contribution in [0.3, 0.4) is 0 Å². The maximum atomic E-state index is 10.9. The SMILES string of the molecule is CCC(CCCCCCCCCCCCCO)S(=O)(=O)[O-].[Na+]. The summed E-state index contributed by atoms with van der Waals surface area (Å²) >= 11 is 0. The Hall–Kier alpha value is 0.870. The van der Waals surface area contributed by atoms with Gasteiger partial charge in [-0.25, -0.2) is 8.42 Å². The van der Waals surface area contributed by atoms with E-state index in [-0.39, 0.29) is 29.6 Å². The fourth-order valence-electron chi connectivity index (χ4n) is 2.63. The van der Waals surface area contributed by atoms with E-state index in [1.165, 1.54) is 38.5 Å². The van der Waals surface area contributed by atoms with Crippen molar-refractivity contribution in [3.8, 4) is 0 Å². The molecule has 0 fully saturated rings. The zero-order chi connectivity index (χ0) is 16.0. The van der Waals surface area contributed by atoms with Gasteiger partial charge in [-0.3, -0.25) is 0 Å². The third kappa shape index (κ3) is 15.8. The van der Waals surface area contributed by atoms with Gasteiger partial charge in [0.1, 0.15) is 0 Å². The van der Waals surface area contributed by atoms with E-state index in [0.29, 0.717) is 19.4 Å². The molecule has 0 radical (unpaired) electrons. The molecular formula is C16H33NaO4S. The summed E-state index contributed by atoms with van der Waals surface area (Å²) in [7, 11) is -4.10. The molecule has 0 heterocycles. The van der Waals surface area contributed by atoms with Gasteiger partial charge in [0, 0.05) is 11.9 Å². The first-order valence-electron chi connectivity index (χ1n) is 8.58. The summed E-state index contributed by atoms with van der Waals surface area (Å²) in [5, 5.41) is 7.97. The normalized spacial score (nSPS) is 12.9. The van der Waals surface area contributed by atoms with Crippen LogP contribution in [0.5, 0.6) is 0 Å². The van der Waals surface area contributed by atoms with Crippen molar-refractivity contribution in [2.75, 3.05) is 6.61 Å². The average Bonchev–Trinajstić information content (AvgIpc) is 2.42. The van der Waals surface area contributed by atoms with Crippen molar-refractivity contribution < 1.29 is 47.6 Å². The molecule has 128 valence electrons. The molecule has 0 bridgehead atoms. The minimum Gasteiger partial charge on any atom is -0.748 e. The summed E-state index contributed by atoms with van der Waals surface area (Å²) in [4.78, 5) is 0. The Morgan fingerprint density at radius 3 is 1.50 bits per heavy atom. The molecule has 0 spiro atoms. The van der Waals surface area contributed by atoms with Crippen molar-refractivity contribution in [1.29, 1.82) is 0 Å². The molecule has 0 saturated heterocycles. The van der Waals surface area contributed by atoms with Gasteiger partial charge < -0.3 is 9.66 Å². The van der Waals surface area contributed by atoms with Gasteiger partial charge in [-0.1, -0.05) is 71.1 Å². The maximum absolute atomic E-state index is 10.9. The summed E-state index contributed by atoms with van der Waals surface area (Å²) in [6, 6.07) is 0. The van der Waals surface area contributed by atoms with Crippen LogP contribution in [0.1, 0.15) is 90.4 Å². The molecule has 4 nitrogen and oxygen atoms in total. The van der Waals surface area contributed by atoms with Crippen LogP contribution in [0.15, 0.2) is 0 Å². The molecule has 1 atom stereocenters. The van der Waals surface area contributed by atoms with E-state index in [9.17, 15) is 13.0 Å². The van der Waals surface area contributed by atoms with Gasteiger partial charge in [-0.15, -0.1) is 0 Å². The van der Waals surface area contributed by atoms with Crippen molar-refractivity contribution in [2.45, 2.75) is 95.6 Å². The van der Waals surface area contributed by atoms with Gasteiger partial charge in [0.05, 0.1) is 10.1 Å². The van der Waals surface area contributed by atoms with Crippen LogP contribution in [0, 0.1) is 0 Å². The number of aliphatic hydroxyl groups excluding tert-OH is 1. The number of unbranched alkanes of at least 4 members (excludes halogenated alkanes) is 10. The summed E-state index contributed by atoms with van der Waals surface area (Å²) in [6.45, 7) is 2.08. The van der Waals surface area contributed by atoms with Crippen LogP contribution < -0.4 is 29.6 Å². The fraction of sp³-hybridized carbons (Fsp3) is 1.00. The number of hydrogen-bond donors (Lipinski definition) is 1. The minimum atomic E-state index is -4.10. The zero-order valence-electron chi connectivity index (χ0n) is 14.6. The van der Waals surface area contributed by atoms with Crippen LogP contribution in [0.2, 0.25) is 0 Å². The fourth-order valence-corrected chi connectivity index (χ4v) is 3.49. The van der Waals surface area contributed by atoms with Crippen molar-refractivity contribution in [3.63, 3.8) is 0 Å². The molecule has 6 heteroatoms. The predicted octanol–water partition coefficient (Wildman–Crippen LogP) is 0.988. The number of aliphatic hydroxyl groups is 1. The Morgan fingerprint density at radius 1 is 0.818 bits per heavy atom. The van der Waals surface area contributed by atoms with Crippen LogP contribution in [-0.4, -0.2) is 29.9 Å². The molecule has 1 unspecified atom stereocenters. The quantitative estimate of drug-likeness (QED) is 0.273. The van der Waals surface area contributed by atoms with Crippen molar-refractivity contribution >= 4 is 10.1 Å². The molecule has 0 aromatic rings. The molecule has 0 rings (SSSR count). The molecule has 0 aliphatic rings. The first-order valence-corrected chi connectivity index (χ1v) is 10.0. The third-order valence-corrected chi connectivity index (χ3v) is 5.43. The molecule has 0 aromatic carbocycles. The van der Waals surface area contributed by atoms with E-state index in [4.69, 9.17) is 5.11 Å². The summed E-state index contributed by atoms with van der Waals surface area (Å²) in [5.74, 6) is 0. The predicted molar refractivity (Wildman–Crippen MR) is 86.3 cm³/mol. The van der Waals surface area contributed by atoms with Crippen LogP contribution in [0.25, 0.3) is 0 Å². The minimum absolute atomic E-state index is 0. The molecule has 0 aliphatic carbocycles. The zero-order valence-corrected chi connectivity index (χ0v) is 17.4. The molecule has 0 amide bonds. The van der Waals surface area contributed by atoms with Crippen molar-refractivity contribution in [1.82, 2.24) is 0 Å². The Labute approximate surface area is 159 Å². The van der Waals surface area contributed by atoms with Crippen LogP contribution in [-0.2, 0) is 10.1 Å². The Morgan fingerprint density at radius 2 is 1.18 bits per heavy atom. The number of hydrogen-bond acceptors (Lipinski definition) is 4. The summed E-state index contributed by atoms with van der Waals surface area (Å²) in [6.07, 6.45) is 13.5. The second kappa shape index (κ2) is 16.7. The van der Waals surface area contributed by atoms with E-state index >= 15 is 0 Å². The van der Waals surface area contributed by atoms with Crippen LogP contribution in [0.4, 0.5) is 0 Å². The molecule has 0 aliphatic heterocycles. The summed E-state index contributed by atoms with van der Waals surface area (Å²) < 4.78 is 32.8. The largest absolute Gasteiger partial charge is 1.00 e. The standard InChI is InChI=1S/C16H34O4S.Na/c1-2-16(21(18,19)20)14-12-10-8-6-4-3-5-7-9-11-13-15-17;/h16-17H,2-15H2,1H3,(H,18,19,20);/q;+1/p-1. The summed E-state index contributed by atoms with van der Waals surface area (Å²) in [5.41, 5.74) is 0. The first-order chi connectivity index (χ1) is 10.0. The van der Waals surface area contributed by atoms with E-state index in [2.05, 4.69) is 0 Å². The van der Waals surface area contributed by atoms with E-state index < -0.39 is 15.4 Å². The van der Waals surface area contributed by atoms with Gasteiger partial charge >= 0.3 is 29.6 Å². The topological polar surface area (TPSA) is 77.4 Å². The van der Waals surface area contributed by atoms with Gasteiger partial charge in [0.15, 0.2) is 0 Å². The van der Waals surface area contributed by atoms with Gasteiger partial charge in [-0.2, -0.15) is 0 Å². The van der Waals surface area contributed by atoms with Crippen LogP contribution >= 0.6 is 0 Å². The van der Waals surface area contributed by atoms with Gasteiger partial charge in [-0.05, 0) is 19.3 Å². The third-order valence-electron chi connectivity index (χ3n) is 4.05. The molecule has 1 N–H and O–H groups in total. The first kappa shape index (κ1) is 25.1. The monoisotopic (exact) mass is 344 g/mol.